The summed E-state index contributed by atoms with van der Waals surface area (Å²) in [5.74, 6) is 0.615. The van der Waals surface area contributed by atoms with Gasteiger partial charge in [0.05, 0.1) is 19.8 Å². The average Bonchev–Trinajstić information content (AvgIpc) is 3.45. The molecule has 2 heterocycles. The molecule has 1 amide bonds. The molecule has 0 spiro atoms. The van der Waals surface area contributed by atoms with Gasteiger partial charge in [0.25, 0.3) is 5.91 Å². The molecule has 3 N–H and O–H groups in total. The Balaban J connectivity index is 1.46. The number of aliphatic hydroxyl groups excluding tert-OH is 1. The minimum Gasteiger partial charge on any atom is -0.494 e. The van der Waals surface area contributed by atoms with Crippen molar-refractivity contribution < 1.29 is 24.1 Å². The predicted octanol–water partition coefficient (Wildman–Crippen LogP) is 5.07. The van der Waals surface area contributed by atoms with E-state index in [0.29, 0.717) is 65.6 Å². The van der Waals surface area contributed by atoms with E-state index in [1.54, 1.807) is 18.2 Å². The molecule has 9 nitrogen and oxygen atoms in total. The van der Waals surface area contributed by atoms with Gasteiger partial charge in [0.2, 0.25) is 5.90 Å². The number of ether oxygens (including phenoxy) is 3. The summed E-state index contributed by atoms with van der Waals surface area (Å²) in [6, 6.07) is 22.3. The fourth-order valence-electron chi connectivity index (χ4n) is 5.23. The zero-order chi connectivity index (χ0) is 31.5. The van der Waals surface area contributed by atoms with Crippen molar-refractivity contribution in [2.75, 3.05) is 52.6 Å². The number of hydrazine groups is 1. The molecule has 3 aromatic carbocycles. The third-order valence-corrected chi connectivity index (χ3v) is 8.23. The summed E-state index contributed by atoms with van der Waals surface area (Å²) < 4.78 is 17.7. The number of hydrogen-bond donors (Lipinski definition) is 3. The highest BCUT2D eigenvalue weighted by Gasteiger charge is 2.53. The highest BCUT2D eigenvalue weighted by atomic mass is 35.5. The van der Waals surface area contributed by atoms with Crippen LogP contribution in [0.3, 0.4) is 0 Å². The van der Waals surface area contributed by atoms with E-state index in [9.17, 15) is 4.79 Å². The number of nitrogens with one attached hydrogen (secondary N) is 2. The van der Waals surface area contributed by atoms with Crippen molar-refractivity contribution in [3.63, 3.8) is 0 Å². The first-order chi connectivity index (χ1) is 22.0. The summed E-state index contributed by atoms with van der Waals surface area (Å²) in [4.78, 5) is 21.6. The molecule has 0 bridgehead atoms. The first-order valence-corrected chi connectivity index (χ1v) is 15.8. The molecule has 1 fully saturated rings. The van der Waals surface area contributed by atoms with Gasteiger partial charge in [-0.2, -0.15) is 0 Å². The zero-order valence-corrected chi connectivity index (χ0v) is 26.5. The Morgan fingerprint density at radius 3 is 2.60 bits per heavy atom. The van der Waals surface area contributed by atoms with Crippen LogP contribution in [0.15, 0.2) is 83.9 Å². The van der Waals surface area contributed by atoms with Crippen LogP contribution in [0.25, 0.3) is 6.08 Å². The fraction of sp³-hybridized carbons (Fsp3) is 0.353. The molecule has 2 atom stereocenters. The second-order valence-electron chi connectivity index (χ2n) is 10.8. The van der Waals surface area contributed by atoms with E-state index in [0.717, 1.165) is 25.2 Å². The maximum atomic E-state index is 14.3. The fourth-order valence-corrected chi connectivity index (χ4v) is 5.74. The second-order valence-corrected chi connectivity index (χ2v) is 11.7. The normalized spacial score (nSPS) is 20.2. The van der Waals surface area contributed by atoms with Gasteiger partial charge in [-0.1, -0.05) is 71.8 Å². The van der Waals surface area contributed by atoms with Crippen LogP contribution < -0.4 is 15.6 Å². The number of hydrogen-bond acceptors (Lipinski definition) is 8. The smallest absolute Gasteiger partial charge is 0.266 e. The van der Waals surface area contributed by atoms with Crippen LogP contribution in [-0.2, 0) is 14.3 Å². The summed E-state index contributed by atoms with van der Waals surface area (Å²) in [6.45, 7) is 4.89. The largest absolute Gasteiger partial charge is 0.494 e. The van der Waals surface area contributed by atoms with Gasteiger partial charge in [-0.05, 0) is 42.0 Å². The topological polar surface area (TPSA) is 105 Å². The molecular formula is C34H38Cl2N4O5. The summed E-state index contributed by atoms with van der Waals surface area (Å²) >= 11 is 13.0. The van der Waals surface area contributed by atoms with Crippen LogP contribution in [0.4, 0.5) is 0 Å². The van der Waals surface area contributed by atoms with Crippen LogP contribution in [0.1, 0.15) is 35.6 Å². The lowest BCUT2D eigenvalue weighted by Gasteiger charge is -2.31. The molecule has 3 aromatic rings. The standard InChI is InChI=1S/C34H38Cl2N4O5/c35-27-11-14-29(30(36)24-27)31-34(15-4-8-25-6-2-1-3-7-25,33(42)39-37-16-17-40-18-22-43-23-19-40)38-32(45-31)26-9-12-28(13-10-26)44-21-5-20-41/h1-4,6-14,24,31,37,41H,5,15-23H2,(H,39,42)/b8-4+/t31-,34-/m0/s1. The van der Waals surface area contributed by atoms with Crippen molar-refractivity contribution in [2.45, 2.75) is 24.5 Å². The van der Waals surface area contributed by atoms with Gasteiger partial charge in [-0.25, -0.2) is 10.4 Å². The third kappa shape index (κ3) is 8.64. The summed E-state index contributed by atoms with van der Waals surface area (Å²) in [6.07, 6.45) is 3.82. The molecule has 2 aliphatic heterocycles. The lowest BCUT2D eigenvalue weighted by molar-refractivity contribution is -0.129. The lowest BCUT2D eigenvalue weighted by atomic mass is 9.84. The minimum absolute atomic E-state index is 0.0579. The van der Waals surface area contributed by atoms with Gasteiger partial charge in [-0.3, -0.25) is 15.1 Å². The molecule has 2 aliphatic rings. The number of halogens is 2. The van der Waals surface area contributed by atoms with Crippen LogP contribution >= 0.6 is 23.2 Å². The molecule has 1 saturated heterocycles. The average molecular weight is 654 g/mol. The molecule has 0 unspecified atom stereocenters. The number of aliphatic hydroxyl groups is 1. The van der Waals surface area contributed by atoms with E-state index in [1.807, 2.05) is 66.7 Å². The molecule has 5 rings (SSSR count). The van der Waals surface area contributed by atoms with Crippen molar-refractivity contribution in [2.24, 2.45) is 4.99 Å². The van der Waals surface area contributed by atoms with E-state index in [1.165, 1.54) is 0 Å². The van der Waals surface area contributed by atoms with E-state index in [-0.39, 0.29) is 18.9 Å². The number of morpholine rings is 1. The molecule has 45 heavy (non-hydrogen) atoms. The van der Waals surface area contributed by atoms with E-state index >= 15 is 0 Å². The SMILES string of the molecule is O=C(NNCCN1CCOCC1)[C@@]1(C/C=C/c2ccccc2)N=C(c2ccc(OCCCO)cc2)O[C@H]1c1ccc(Cl)cc1Cl. The first-order valence-electron chi connectivity index (χ1n) is 15.1. The van der Waals surface area contributed by atoms with E-state index in [4.69, 9.17) is 47.5 Å². The molecule has 0 aromatic heterocycles. The molecule has 0 radical (unpaired) electrons. The van der Waals surface area contributed by atoms with Gasteiger partial charge < -0.3 is 19.3 Å². The Labute approximate surface area is 273 Å². The van der Waals surface area contributed by atoms with Crippen LogP contribution in [0.2, 0.25) is 10.0 Å². The van der Waals surface area contributed by atoms with Crippen molar-refractivity contribution in [3.05, 3.63) is 106 Å². The lowest BCUT2D eigenvalue weighted by Crippen LogP contribution is -2.54. The van der Waals surface area contributed by atoms with Crippen LogP contribution in [0.5, 0.6) is 5.75 Å². The van der Waals surface area contributed by atoms with Gasteiger partial charge in [0.15, 0.2) is 11.6 Å². The number of amides is 1. The van der Waals surface area contributed by atoms with Crippen LogP contribution in [0, 0.1) is 0 Å². The third-order valence-electron chi connectivity index (χ3n) is 7.67. The number of carbonyl (C=O) groups is 1. The van der Waals surface area contributed by atoms with Gasteiger partial charge in [0.1, 0.15) is 5.75 Å². The molecule has 0 aliphatic carbocycles. The first kappa shape index (κ1) is 32.9. The van der Waals surface area contributed by atoms with Crippen molar-refractivity contribution in [1.82, 2.24) is 15.8 Å². The molecule has 11 heteroatoms. The second kappa shape index (κ2) is 16.2. The molecular weight excluding hydrogens is 615 g/mol. The monoisotopic (exact) mass is 652 g/mol. The maximum Gasteiger partial charge on any atom is 0.266 e. The summed E-state index contributed by atoms with van der Waals surface area (Å²) in [5.41, 5.74) is 6.90. The van der Waals surface area contributed by atoms with Gasteiger partial charge >= 0.3 is 0 Å². The number of nitrogens with zero attached hydrogens (tertiary/aromatic N) is 2. The number of rotatable bonds is 14. The van der Waals surface area contributed by atoms with Crippen molar-refractivity contribution >= 4 is 41.1 Å². The highest BCUT2D eigenvalue weighted by molar-refractivity contribution is 6.35. The van der Waals surface area contributed by atoms with Gasteiger partial charge in [-0.15, -0.1) is 0 Å². The Hall–Kier alpha value is -3.44. The van der Waals surface area contributed by atoms with Crippen molar-refractivity contribution in [3.8, 4) is 5.75 Å². The number of aliphatic imine (C=N–C) groups is 1. The van der Waals surface area contributed by atoms with E-state index in [2.05, 4.69) is 15.8 Å². The maximum absolute atomic E-state index is 14.3. The quantitative estimate of drug-likeness (QED) is 0.165. The molecule has 0 saturated carbocycles. The number of carbonyl (C=O) groups excluding carboxylic acids is 1. The minimum atomic E-state index is -1.40. The zero-order valence-electron chi connectivity index (χ0n) is 25.0. The van der Waals surface area contributed by atoms with E-state index < -0.39 is 11.6 Å². The molecule has 238 valence electrons. The Morgan fingerprint density at radius 2 is 1.87 bits per heavy atom. The Kier molecular flexibility index (Phi) is 11.9. The van der Waals surface area contributed by atoms with Crippen molar-refractivity contribution in [1.29, 1.82) is 0 Å². The number of benzene rings is 3. The Morgan fingerprint density at radius 1 is 1.09 bits per heavy atom. The highest BCUT2D eigenvalue weighted by Crippen LogP contribution is 2.45. The summed E-state index contributed by atoms with van der Waals surface area (Å²) in [7, 11) is 0. The van der Waals surface area contributed by atoms with Crippen LogP contribution in [-0.4, -0.2) is 80.0 Å². The predicted molar refractivity (Wildman–Crippen MR) is 177 cm³/mol. The Bertz CT molecular complexity index is 1470. The van der Waals surface area contributed by atoms with Gasteiger partial charge in [0, 0.05) is 66.8 Å². The summed E-state index contributed by atoms with van der Waals surface area (Å²) in [5, 5.41) is 9.91.